The fourth-order valence-corrected chi connectivity index (χ4v) is 3.73. The third kappa shape index (κ3) is 3.12. The fourth-order valence-electron chi connectivity index (χ4n) is 1.45. The molecule has 0 saturated heterocycles. The summed E-state index contributed by atoms with van der Waals surface area (Å²) in [5, 5.41) is 10.5. The van der Waals surface area contributed by atoms with Gasteiger partial charge in [0.15, 0.2) is 5.00 Å². The highest BCUT2D eigenvalue weighted by atomic mass is 32.2. The minimum atomic E-state index is -3.80. The molecule has 0 bridgehead atoms. The molecule has 0 aliphatic heterocycles. The van der Waals surface area contributed by atoms with Crippen molar-refractivity contribution >= 4 is 32.0 Å². The Hall–Kier alpha value is -1.98. The van der Waals surface area contributed by atoms with Crippen LogP contribution in [0.25, 0.3) is 0 Å². The van der Waals surface area contributed by atoms with Crippen LogP contribution < -0.4 is 10.5 Å². The van der Waals surface area contributed by atoms with E-state index in [2.05, 4.69) is 9.71 Å². The molecule has 9 nitrogen and oxygen atoms in total. The Morgan fingerprint density at radius 2 is 2.30 bits per heavy atom. The first-order chi connectivity index (χ1) is 9.40. The maximum Gasteiger partial charge on any atom is 0.304 e. The number of imidazole rings is 1. The van der Waals surface area contributed by atoms with Crippen molar-refractivity contribution in [1.82, 2.24) is 14.3 Å². The predicted molar refractivity (Wildman–Crippen MR) is 72.8 cm³/mol. The number of nitrogen functional groups attached to an aromatic ring is 1. The van der Waals surface area contributed by atoms with Crippen LogP contribution in [0.5, 0.6) is 0 Å². The first kappa shape index (κ1) is 14.4. The Morgan fingerprint density at radius 1 is 1.55 bits per heavy atom. The van der Waals surface area contributed by atoms with E-state index in [1.54, 1.807) is 23.3 Å². The fraction of sp³-hybridized carbons (Fsp3) is 0.222. The first-order valence-corrected chi connectivity index (χ1v) is 7.69. The second-order valence-electron chi connectivity index (χ2n) is 3.77. The topological polar surface area (TPSA) is 133 Å². The van der Waals surface area contributed by atoms with Crippen molar-refractivity contribution in [3.8, 4) is 0 Å². The zero-order valence-corrected chi connectivity index (χ0v) is 11.7. The lowest BCUT2D eigenvalue weighted by atomic mass is 10.5. The molecule has 2 heterocycles. The Balaban J connectivity index is 2.06. The summed E-state index contributed by atoms with van der Waals surface area (Å²) < 4.78 is 27.8. The van der Waals surface area contributed by atoms with E-state index in [0.717, 1.165) is 6.07 Å². The maximum absolute atomic E-state index is 11.9. The van der Waals surface area contributed by atoms with Crippen LogP contribution in [0.2, 0.25) is 0 Å². The molecule has 2 rings (SSSR count). The SMILES string of the molecule is Nc1sc(S(=O)(=O)NCCn2ccnc2)cc1[N+](=O)[O-]. The zero-order valence-electron chi connectivity index (χ0n) is 10.1. The smallest absolute Gasteiger partial charge is 0.304 e. The van der Waals surface area contributed by atoms with Crippen molar-refractivity contribution in [3.05, 3.63) is 34.9 Å². The summed E-state index contributed by atoms with van der Waals surface area (Å²) in [5.41, 5.74) is 5.02. The van der Waals surface area contributed by atoms with E-state index in [4.69, 9.17) is 5.73 Å². The average molecular weight is 317 g/mol. The number of rotatable bonds is 6. The number of thiophene rings is 1. The van der Waals surface area contributed by atoms with Gasteiger partial charge in [-0.05, 0) is 0 Å². The molecule has 20 heavy (non-hydrogen) atoms. The standard InChI is InChI=1S/C9H11N5O4S2/c10-9-7(14(15)16)5-8(19-9)20(17,18)12-2-4-13-3-1-11-6-13/h1,3,5-6,12H,2,4,10H2. The van der Waals surface area contributed by atoms with Gasteiger partial charge in [0.25, 0.3) is 0 Å². The van der Waals surface area contributed by atoms with Gasteiger partial charge in [-0.25, -0.2) is 18.1 Å². The third-order valence-corrected chi connectivity index (χ3v) is 5.29. The van der Waals surface area contributed by atoms with Crippen LogP contribution in [0, 0.1) is 10.1 Å². The van der Waals surface area contributed by atoms with Gasteiger partial charge in [0.05, 0.1) is 11.3 Å². The van der Waals surface area contributed by atoms with Crippen molar-refractivity contribution in [2.24, 2.45) is 0 Å². The first-order valence-electron chi connectivity index (χ1n) is 5.39. The molecule has 0 aliphatic rings. The molecule has 0 radical (unpaired) electrons. The van der Waals surface area contributed by atoms with Crippen LogP contribution in [0.1, 0.15) is 0 Å². The molecule has 11 heteroatoms. The van der Waals surface area contributed by atoms with E-state index in [-0.39, 0.29) is 15.8 Å². The number of hydrogen-bond donors (Lipinski definition) is 2. The summed E-state index contributed by atoms with van der Waals surface area (Å²) in [6.45, 7) is 0.548. The summed E-state index contributed by atoms with van der Waals surface area (Å²) in [6.07, 6.45) is 4.84. The number of nitrogens with one attached hydrogen (secondary N) is 1. The van der Waals surface area contributed by atoms with Crippen LogP contribution in [-0.4, -0.2) is 29.4 Å². The Kier molecular flexibility index (Phi) is 4.01. The van der Waals surface area contributed by atoms with Crippen molar-refractivity contribution in [3.63, 3.8) is 0 Å². The molecule has 108 valence electrons. The van der Waals surface area contributed by atoms with Gasteiger partial charge >= 0.3 is 5.69 Å². The molecule has 0 aromatic carbocycles. The summed E-state index contributed by atoms with van der Waals surface area (Å²) in [7, 11) is -3.80. The molecular weight excluding hydrogens is 306 g/mol. The Bertz CT molecular complexity index is 707. The molecule has 0 aliphatic carbocycles. The quantitative estimate of drug-likeness (QED) is 0.585. The van der Waals surface area contributed by atoms with E-state index >= 15 is 0 Å². The van der Waals surface area contributed by atoms with E-state index in [0.29, 0.717) is 17.9 Å². The molecule has 0 saturated carbocycles. The Morgan fingerprint density at radius 3 is 2.85 bits per heavy atom. The molecule has 0 fully saturated rings. The number of nitro groups is 1. The molecule has 2 aromatic rings. The molecule has 0 spiro atoms. The predicted octanol–water partition coefficient (Wildman–Crippen LogP) is 0.413. The normalized spacial score (nSPS) is 11.6. The summed E-state index contributed by atoms with van der Waals surface area (Å²) in [6, 6.07) is 0.958. The maximum atomic E-state index is 11.9. The minimum absolute atomic E-state index is 0.134. The number of sulfonamides is 1. The van der Waals surface area contributed by atoms with Gasteiger partial charge in [0.1, 0.15) is 4.21 Å². The second-order valence-corrected chi connectivity index (χ2v) is 6.85. The molecule has 3 N–H and O–H groups in total. The van der Waals surface area contributed by atoms with Crippen molar-refractivity contribution < 1.29 is 13.3 Å². The zero-order chi connectivity index (χ0) is 14.8. The third-order valence-electron chi connectivity index (χ3n) is 2.40. The summed E-state index contributed by atoms with van der Waals surface area (Å²) >= 11 is 0.664. The molecule has 0 unspecified atom stereocenters. The molecule has 0 amide bonds. The number of nitrogens with two attached hydrogens (primary N) is 1. The van der Waals surface area contributed by atoms with Crippen LogP contribution in [0.3, 0.4) is 0 Å². The monoisotopic (exact) mass is 317 g/mol. The van der Waals surface area contributed by atoms with Crippen molar-refractivity contribution in [2.75, 3.05) is 12.3 Å². The van der Waals surface area contributed by atoms with Gasteiger partial charge in [-0.2, -0.15) is 0 Å². The van der Waals surface area contributed by atoms with Crippen molar-refractivity contribution in [2.45, 2.75) is 10.8 Å². The highest BCUT2D eigenvalue weighted by Gasteiger charge is 2.24. The summed E-state index contributed by atoms with van der Waals surface area (Å²) in [4.78, 5) is 13.8. The van der Waals surface area contributed by atoms with Crippen LogP contribution in [0.15, 0.2) is 29.0 Å². The minimum Gasteiger partial charge on any atom is -0.385 e. The average Bonchev–Trinajstić information content (AvgIpc) is 2.98. The van der Waals surface area contributed by atoms with Gasteiger partial charge in [-0.3, -0.25) is 10.1 Å². The van der Waals surface area contributed by atoms with E-state index in [9.17, 15) is 18.5 Å². The van der Waals surface area contributed by atoms with E-state index in [1.807, 2.05) is 0 Å². The number of hydrogen-bond acceptors (Lipinski definition) is 7. The molecule has 2 aromatic heterocycles. The van der Waals surface area contributed by atoms with Crippen LogP contribution >= 0.6 is 11.3 Å². The van der Waals surface area contributed by atoms with Gasteiger partial charge in [0, 0.05) is 31.5 Å². The number of nitrogens with zero attached hydrogens (tertiary/aromatic N) is 3. The number of aromatic nitrogens is 2. The van der Waals surface area contributed by atoms with Gasteiger partial charge in [0.2, 0.25) is 10.0 Å². The number of anilines is 1. The Labute approximate surface area is 118 Å². The second kappa shape index (κ2) is 5.56. The van der Waals surface area contributed by atoms with Gasteiger partial charge < -0.3 is 10.3 Å². The van der Waals surface area contributed by atoms with Gasteiger partial charge in [-0.15, -0.1) is 0 Å². The highest BCUT2D eigenvalue weighted by Crippen LogP contribution is 2.34. The lowest BCUT2D eigenvalue weighted by Crippen LogP contribution is -2.26. The van der Waals surface area contributed by atoms with Crippen LogP contribution in [0.4, 0.5) is 10.7 Å². The van der Waals surface area contributed by atoms with Crippen molar-refractivity contribution in [1.29, 1.82) is 0 Å². The van der Waals surface area contributed by atoms with E-state index in [1.165, 1.54) is 0 Å². The lowest BCUT2D eigenvalue weighted by Gasteiger charge is -2.04. The van der Waals surface area contributed by atoms with Gasteiger partial charge in [-0.1, -0.05) is 11.3 Å². The molecule has 0 atom stereocenters. The lowest BCUT2D eigenvalue weighted by molar-refractivity contribution is -0.383. The van der Waals surface area contributed by atoms with E-state index < -0.39 is 20.6 Å². The highest BCUT2D eigenvalue weighted by molar-refractivity contribution is 7.91. The largest absolute Gasteiger partial charge is 0.385 e. The summed E-state index contributed by atoms with van der Waals surface area (Å²) in [5.74, 6) is 0. The molecular formula is C9H11N5O4S2. The van der Waals surface area contributed by atoms with Crippen LogP contribution in [-0.2, 0) is 16.6 Å².